The van der Waals surface area contributed by atoms with Crippen LogP contribution in [0.15, 0.2) is 12.3 Å². The van der Waals surface area contributed by atoms with Gasteiger partial charge in [0.25, 0.3) is 0 Å². The maximum Gasteiger partial charge on any atom is 0.311 e. The summed E-state index contributed by atoms with van der Waals surface area (Å²) in [5, 5.41) is 0. The Labute approximate surface area is 109 Å². The van der Waals surface area contributed by atoms with E-state index in [4.69, 9.17) is 9.47 Å². The standard InChI is InChI=1S/C14H24O4/c1-3-5-6-7-8-9-12-18-14(16)11-10-13(15)17-4-2/h9,12H,3-8,10-11H2,1-2H3. The lowest BCUT2D eigenvalue weighted by Crippen LogP contribution is -2.08. The van der Waals surface area contributed by atoms with Crippen molar-refractivity contribution in [3.8, 4) is 0 Å². The summed E-state index contributed by atoms with van der Waals surface area (Å²) in [5.41, 5.74) is 0. The van der Waals surface area contributed by atoms with Crippen LogP contribution >= 0.6 is 0 Å². The molecule has 0 unspecified atom stereocenters. The highest BCUT2D eigenvalue weighted by Crippen LogP contribution is 2.03. The van der Waals surface area contributed by atoms with Crippen LogP contribution in [0.4, 0.5) is 0 Å². The molecule has 4 nitrogen and oxygen atoms in total. The number of hydrogen-bond donors (Lipinski definition) is 0. The molecule has 0 bridgehead atoms. The molecule has 0 aliphatic heterocycles. The minimum atomic E-state index is -0.395. The number of esters is 2. The molecule has 0 saturated heterocycles. The molecular formula is C14H24O4. The maximum absolute atomic E-state index is 11.2. The molecule has 0 saturated carbocycles. The van der Waals surface area contributed by atoms with Gasteiger partial charge in [-0.3, -0.25) is 9.59 Å². The SMILES string of the molecule is CCCCCCC=COC(=O)CCC(=O)OCC. The molecule has 0 amide bonds. The predicted molar refractivity (Wildman–Crippen MR) is 69.9 cm³/mol. The first-order valence-electron chi connectivity index (χ1n) is 6.70. The van der Waals surface area contributed by atoms with E-state index in [1.807, 2.05) is 6.08 Å². The summed E-state index contributed by atoms with van der Waals surface area (Å²) >= 11 is 0. The summed E-state index contributed by atoms with van der Waals surface area (Å²) < 4.78 is 9.56. The Balaban J connectivity index is 3.46. The van der Waals surface area contributed by atoms with Crippen molar-refractivity contribution in [3.05, 3.63) is 12.3 Å². The van der Waals surface area contributed by atoms with Gasteiger partial charge in [0.15, 0.2) is 0 Å². The fourth-order valence-electron chi connectivity index (χ4n) is 1.38. The van der Waals surface area contributed by atoms with E-state index in [9.17, 15) is 9.59 Å². The summed E-state index contributed by atoms with van der Waals surface area (Å²) in [6.45, 7) is 4.24. The minimum absolute atomic E-state index is 0.0685. The molecule has 0 aliphatic rings. The third kappa shape index (κ3) is 11.2. The zero-order chi connectivity index (χ0) is 13.6. The molecule has 18 heavy (non-hydrogen) atoms. The van der Waals surface area contributed by atoms with Crippen molar-refractivity contribution in [2.24, 2.45) is 0 Å². The van der Waals surface area contributed by atoms with Gasteiger partial charge in [0.2, 0.25) is 0 Å². The number of carbonyl (C=O) groups excluding carboxylic acids is 2. The average Bonchev–Trinajstić information content (AvgIpc) is 2.35. The molecular weight excluding hydrogens is 232 g/mol. The van der Waals surface area contributed by atoms with Crippen molar-refractivity contribution in [1.29, 1.82) is 0 Å². The molecule has 0 spiro atoms. The molecule has 0 heterocycles. The maximum atomic E-state index is 11.2. The molecule has 0 aromatic rings. The molecule has 0 N–H and O–H groups in total. The second-order valence-electron chi connectivity index (χ2n) is 4.02. The summed E-state index contributed by atoms with van der Waals surface area (Å²) in [5.74, 6) is -0.758. The fraction of sp³-hybridized carbons (Fsp3) is 0.714. The van der Waals surface area contributed by atoms with Crippen LogP contribution in [0.5, 0.6) is 0 Å². The Kier molecular flexibility index (Phi) is 11.3. The number of rotatable bonds is 10. The van der Waals surface area contributed by atoms with Gasteiger partial charge in [0.1, 0.15) is 0 Å². The smallest absolute Gasteiger partial charge is 0.311 e. The number of ether oxygens (including phenoxy) is 2. The van der Waals surface area contributed by atoms with Crippen LogP contribution in [-0.4, -0.2) is 18.5 Å². The van der Waals surface area contributed by atoms with Crippen molar-refractivity contribution >= 4 is 11.9 Å². The Bertz CT molecular complexity index is 259. The van der Waals surface area contributed by atoms with Crippen LogP contribution in [0.1, 0.15) is 58.8 Å². The van der Waals surface area contributed by atoms with Crippen LogP contribution < -0.4 is 0 Å². The first-order valence-corrected chi connectivity index (χ1v) is 6.70. The summed E-state index contributed by atoms with van der Waals surface area (Å²) in [6.07, 6.45) is 9.11. The van der Waals surface area contributed by atoms with Gasteiger partial charge in [-0.25, -0.2) is 0 Å². The molecule has 0 aliphatic carbocycles. The van der Waals surface area contributed by atoms with E-state index in [-0.39, 0.29) is 18.8 Å². The van der Waals surface area contributed by atoms with Gasteiger partial charge in [-0.05, 0) is 25.8 Å². The third-order valence-electron chi connectivity index (χ3n) is 2.36. The van der Waals surface area contributed by atoms with Crippen molar-refractivity contribution in [3.63, 3.8) is 0 Å². The third-order valence-corrected chi connectivity index (χ3v) is 2.36. The Morgan fingerprint density at radius 2 is 1.72 bits per heavy atom. The fourth-order valence-corrected chi connectivity index (χ4v) is 1.38. The van der Waals surface area contributed by atoms with E-state index >= 15 is 0 Å². The molecule has 0 rings (SSSR count). The van der Waals surface area contributed by atoms with Gasteiger partial charge >= 0.3 is 11.9 Å². The number of hydrogen-bond acceptors (Lipinski definition) is 4. The number of carbonyl (C=O) groups is 2. The minimum Gasteiger partial charge on any atom is -0.466 e. The molecule has 0 radical (unpaired) electrons. The average molecular weight is 256 g/mol. The molecule has 4 heteroatoms. The van der Waals surface area contributed by atoms with Gasteiger partial charge in [-0.15, -0.1) is 0 Å². The molecule has 0 fully saturated rings. The van der Waals surface area contributed by atoms with Gasteiger partial charge in [0, 0.05) is 0 Å². The van der Waals surface area contributed by atoms with Crippen molar-refractivity contribution < 1.29 is 19.1 Å². The van der Waals surface area contributed by atoms with Gasteiger partial charge in [-0.1, -0.05) is 26.2 Å². The first kappa shape index (κ1) is 16.7. The van der Waals surface area contributed by atoms with Crippen LogP contribution in [0.2, 0.25) is 0 Å². The van der Waals surface area contributed by atoms with E-state index in [2.05, 4.69) is 6.92 Å². The lowest BCUT2D eigenvalue weighted by atomic mass is 10.1. The summed E-state index contributed by atoms with van der Waals surface area (Å²) in [6, 6.07) is 0. The van der Waals surface area contributed by atoms with Crippen molar-refractivity contribution in [1.82, 2.24) is 0 Å². The highest BCUT2D eigenvalue weighted by Gasteiger charge is 2.07. The van der Waals surface area contributed by atoms with E-state index in [0.29, 0.717) is 6.61 Å². The quantitative estimate of drug-likeness (QED) is 0.341. The lowest BCUT2D eigenvalue weighted by Gasteiger charge is -2.00. The Hall–Kier alpha value is -1.32. The zero-order valence-corrected chi connectivity index (χ0v) is 11.4. The van der Waals surface area contributed by atoms with Gasteiger partial charge in [0.05, 0.1) is 25.7 Å². The second-order valence-corrected chi connectivity index (χ2v) is 4.02. The van der Waals surface area contributed by atoms with Crippen molar-refractivity contribution in [2.45, 2.75) is 58.8 Å². The molecule has 0 aromatic heterocycles. The highest BCUT2D eigenvalue weighted by molar-refractivity contribution is 5.77. The summed E-state index contributed by atoms with van der Waals surface area (Å²) in [4.78, 5) is 22.2. The highest BCUT2D eigenvalue weighted by atomic mass is 16.5. The molecule has 104 valence electrons. The summed E-state index contributed by atoms with van der Waals surface area (Å²) in [7, 11) is 0. The lowest BCUT2D eigenvalue weighted by molar-refractivity contribution is -0.147. The number of unbranched alkanes of at least 4 members (excludes halogenated alkanes) is 4. The molecule has 0 atom stereocenters. The first-order chi connectivity index (χ1) is 8.70. The zero-order valence-electron chi connectivity index (χ0n) is 11.4. The molecule has 0 aromatic carbocycles. The number of allylic oxidation sites excluding steroid dienone is 1. The predicted octanol–water partition coefficient (Wildman–Crippen LogP) is 3.36. The van der Waals surface area contributed by atoms with Gasteiger partial charge in [-0.2, -0.15) is 0 Å². The monoisotopic (exact) mass is 256 g/mol. The van der Waals surface area contributed by atoms with Crippen LogP contribution in [0, 0.1) is 0 Å². The van der Waals surface area contributed by atoms with Crippen LogP contribution in [-0.2, 0) is 19.1 Å². The largest absolute Gasteiger partial charge is 0.466 e. The van der Waals surface area contributed by atoms with E-state index < -0.39 is 5.97 Å². The second kappa shape index (κ2) is 12.1. The van der Waals surface area contributed by atoms with E-state index in [0.717, 1.165) is 12.8 Å². The van der Waals surface area contributed by atoms with Crippen LogP contribution in [0.25, 0.3) is 0 Å². The van der Waals surface area contributed by atoms with E-state index in [1.165, 1.54) is 25.5 Å². The normalized spacial score (nSPS) is 10.6. The topological polar surface area (TPSA) is 52.6 Å². The Morgan fingerprint density at radius 3 is 2.39 bits per heavy atom. The van der Waals surface area contributed by atoms with Crippen LogP contribution in [0.3, 0.4) is 0 Å². The van der Waals surface area contributed by atoms with E-state index in [1.54, 1.807) is 6.92 Å². The van der Waals surface area contributed by atoms with Gasteiger partial charge < -0.3 is 9.47 Å². The Morgan fingerprint density at radius 1 is 1.00 bits per heavy atom. The van der Waals surface area contributed by atoms with Crippen molar-refractivity contribution in [2.75, 3.05) is 6.61 Å².